The van der Waals surface area contributed by atoms with Crippen molar-refractivity contribution in [3.63, 3.8) is 0 Å². The lowest BCUT2D eigenvalue weighted by Crippen LogP contribution is -2.42. The fraction of sp³-hybridized carbons (Fsp3) is 0.562. The number of aromatic amines is 1. The van der Waals surface area contributed by atoms with Crippen LogP contribution in [0.25, 0.3) is 0 Å². The Bertz CT molecular complexity index is 824. The monoisotopic (exact) mass is 370 g/mol. The zero-order valence-corrected chi connectivity index (χ0v) is 15.5. The van der Waals surface area contributed by atoms with E-state index in [-0.39, 0.29) is 23.0 Å². The zero-order valence-electron chi connectivity index (χ0n) is 14.6. The number of ether oxygens (including phenoxy) is 1. The first-order valence-electron chi connectivity index (χ1n) is 7.93. The van der Waals surface area contributed by atoms with Gasteiger partial charge in [-0.05, 0) is 39.7 Å². The van der Waals surface area contributed by atoms with Gasteiger partial charge in [0.15, 0.2) is 21.7 Å². The Balaban J connectivity index is 2.02. The molecule has 0 bridgehead atoms. The summed E-state index contributed by atoms with van der Waals surface area (Å²) >= 11 is 0. The van der Waals surface area contributed by atoms with E-state index < -0.39 is 33.9 Å². The number of amides is 1. The first-order valence-corrected chi connectivity index (χ1v) is 9.76. The van der Waals surface area contributed by atoms with E-state index >= 15 is 0 Å². The van der Waals surface area contributed by atoms with Crippen LogP contribution in [0, 0.1) is 13.8 Å². The van der Waals surface area contributed by atoms with E-state index in [1.807, 2.05) is 0 Å². The number of aromatic nitrogens is 1. The molecule has 0 unspecified atom stereocenters. The largest absolute Gasteiger partial charge is 0.448 e. The Morgan fingerprint density at radius 3 is 2.40 bits per heavy atom. The third-order valence-electron chi connectivity index (χ3n) is 4.23. The van der Waals surface area contributed by atoms with Crippen molar-refractivity contribution in [1.29, 1.82) is 0 Å². The Morgan fingerprint density at radius 2 is 1.92 bits per heavy atom. The Kier molecular flexibility index (Phi) is 5.36. The smallest absolute Gasteiger partial charge is 0.355 e. The second kappa shape index (κ2) is 6.99. The maximum absolute atomic E-state index is 12.3. The van der Waals surface area contributed by atoms with E-state index in [1.165, 1.54) is 13.8 Å². The summed E-state index contributed by atoms with van der Waals surface area (Å²) < 4.78 is 28.0. The molecule has 1 aromatic heterocycles. The summed E-state index contributed by atoms with van der Waals surface area (Å²) in [5, 5.41) is 2.58. The maximum atomic E-state index is 12.3. The van der Waals surface area contributed by atoms with Crippen LogP contribution in [0.5, 0.6) is 0 Å². The van der Waals surface area contributed by atoms with Gasteiger partial charge in [-0.3, -0.25) is 9.59 Å². The second-order valence-corrected chi connectivity index (χ2v) is 8.57. The summed E-state index contributed by atoms with van der Waals surface area (Å²) in [5.74, 6) is -1.52. The van der Waals surface area contributed by atoms with Gasteiger partial charge < -0.3 is 15.0 Å². The summed E-state index contributed by atoms with van der Waals surface area (Å²) in [4.78, 5) is 38.8. The van der Waals surface area contributed by atoms with Gasteiger partial charge in [0.25, 0.3) is 5.91 Å². The Labute approximate surface area is 146 Å². The van der Waals surface area contributed by atoms with E-state index in [4.69, 9.17) is 4.74 Å². The molecule has 9 heteroatoms. The predicted molar refractivity (Wildman–Crippen MR) is 90.4 cm³/mol. The fourth-order valence-corrected chi connectivity index (χ4v) is 4.66. The third-order valence-corrected chi connectivity index (χ3v) is 5.99. The molecular weight excluding hydrogens is 348 g/mol. The molecule has 0 aliphatic carbocycles. The first kappa shape index (κ1) is 19.2. The molecule has 2 atom stereocenters. The number of Topliss-reactive ketones (excluding diaryl/α,β-unsaturated/α-hetero) is 1. The first-order chi connectivity index (χ1) is 11.5. The van der Waals surface area contributed by atoms with Crippen LogP contribution in [0.15, 0.2) is 0 Å². The van der Waals surface area contributed by atoms with Gasteiger partial charge in [0.1, 0.15) is 5.69 Å². The molecule has 1 aliphatic heterocycles. The molecule has 138 valence electrons. The van der Waals surface area contributed by atoms with Crippen LogP contribution in [-0.4, -0.2) is 54.7 Å². The lowest BCUT2D eigenvalue weighted by atomic mass is 10.1. The summed E-state index contributed by atoms with van der Waals surface area (Å²) in [7, 11) is -3.11. The average molecular weight is 370 g/mol. The Hall–Kier alpha value is -2.16. The van der Waals surface area contributed by atoms with Crippen LogP contribution >= 0.6 is 0 Å². The minimum Gasteiger partial charge on any atom is -0.448 e. The van der Waals surface area contributed by atoms with Crippen molar-refractivity contribution in [2.75, 3.05) is 11.5 Å². The molecule has 0 aromatic carbocycles. The van der Waals surface area contributed by atoms with Gasteiger partial charge in [0.2, 0.25) is 0 Å². The molecule has 1 fully saturated rings. The second-order valence-electron chi connectivity index (χ2n) is 6.34. The maximum Gasteiger partial charge on any atom is 0.355 e. The van der Waals surface area contributed by atoms with Gasteiger partial charge in [-0.15, -0.1) is 0 Å². The molecule has 2 heterocycles. The number of rotatable bonds is 5. The molecule has 1 saturated heterocycles. The molecule has 0 radical (unpaired) electrons. The normalized spacial score (nSPS) is 20.1. The highest BCUT2D eigenvalue weighted by atomic mass is 32.2. The number of hydrogen-bond donors (Lipinski definition) is 2. The fourth-order valence-electron chi connectivity index (χ4n) is 2.98. The minimum atomic E-state index is -3.11. The highest BCUT2D eigenvalue weighted by Gasteiger charge is 2.31. The van der Waals surface area contributed by atoms with Crippen molar-refractivity contribution in [1.82, 2.24) is 10.3 Å². The molecule has 0 spiro atoms. The topological polar surface area (TPSA) is 122 Å². The van der Waals surface area contributed by atoms with E-state index in [2.05, 4.69) is 10.3 Å². The SMILES string of the molecule is CC(=O)c1c(C)[nH]c(C(=O)O[C@H](C)C(=O)N[C@@H]2CCS(=O)(=O)C2)c1C. The van der Waals surface area contributed by atoms with Crippen molar-refractivity contribution in [2.45, 2.75) is 46.3 Å². The van der Waals surface area contributed by atoms with Gasteiger partial charge >= 0.3 is 5.97 Å². The number of carbonyl (C=O) groups is 3. The lowest BCUT2D eigenvalue weighted by molar-refractivity contribution is -0.129. The number of ketones is 1. The van der Waals surface area contributed by atoms with Crippen molar-refractivity contribution in [3.8, 4) is 0 Å². The molecule has 2 rings (SSSR count). The molecule has 1 aromatic rings. The van der Waals surface area contributed by atoms with Crippen molar-refractivity contribution >= 4 is 27.5 Å². The quantitative estimate of drug-likeness (QED) is 0.580. The number of hydrogen-bond acceptors (Lipinski definition) is 6. The molecule has 25 heavy (non-hydrogen) atoms. The molecule has 1 amide bonds. The predicted octanol–water partition coefficient (Wildman–Crippen LogP) is 0.683. The number of H-pyrrole nitrogens is 1. The van der Waals surface area contributed by atoms with Gasteiger partial charge in [-0.2, -0.15) is 0 Å². The van der Waals surface area contributed by atoms with Gasteiger partial charge in [0.05, 0.1) is 11.5 Å². The van der Waals surface area contributed by atoms with Crippen LogP contribution in [-0.2, 0) is 19.4 Å². The molecule has 8 nitrogen and oxygen atoms in total. The van der Waals surface area contributed by atoms with Crippen LogP contribution in [0.1, 0.15) is 52.4 Å². The molecule has 2 N–H and O–H groups in total. The van der Waals surface area contributed by atoms with E-state index in [9.17, 15) is 22.8 Å². The van der Waals surface area contributed by atoms with Crippen molar-refractivity contribution < 1.29 is 27.5 Å². The van der Waals surface area contributed by atoms with Crippen LogP contribution in [0.3, 0.4) is 0 Å². The number of sulfone groups is 1. The Morgan fingerprint density at radius 1 is 1.28 bits per heavy atom. The van der Waals surface area contributed by atoms with Crippen LogP contribution < -0.4 is 5.32 Å². The number of nitrogens with one attached hydrogen (secondary N) is 2. The zero-order chi connectivity index (χ0) is 18.9. The highest BCUT2D eigenvalue weighted by molar-refractivity contribution is 7.91. The summed E-state index contributed by atoms with van der Waals surface area (Å²) in [5.41, 5.74) is 1.60. The minimum absolute atomic E-state index is 0.0425. The summed E-state index contributed by atoms with van der Waals surface area (Å²) in [6, 6.07) is -0.461. The van der Waals surface area contributed by atoms with E-state index in [0.29, 0.717) is 23.2 Å². The highest BCUT2D eigenvalue weighted by Crippen LogP contribution is 2.20. The van der Waals surface area contributed by atoms with Crippen LogP contribution in [0.2, 0.25) is 0 Å². The van der Waals surface area contributed by atoms with Gasteiger partial charge in [0, 0.05) is 17.3 Å². The van der Waals surface area contributed by atoms with E-state index in [1.54, 1.807) is 13.8 Å². The average Bonchev–Trinajstić information content (AvgIpc) is 2.97. The van der Waals surface area contributed by atoms with E-state index in [0.717, 1.165) is 0 Å². The third kappa shape index (κ3) is 4.28. The van der Waals surface area contributed by atoms with Gasteiger partial charge in [-0.1, -0.05) is 0 Å². The van der Waals surface area contributed by atoms with Gasteiger partial charge in [-0.25, -0.2) is 13.2 Å². The number of aryl methyl sites for hydroxylation is 1. The molecular formula is C16H22N2O6S. The van der Waals surface area contributed by atoms with Crippen LogP contribution in [0.4, 0.5) is 0 Å². The molecule has 1 aliphatic rings. The van der Waals surface area contributed by atoms with Crippen molar-refractivity contribution in [3.05, 3.63) is 22.5 Å². The lowest BCUT2D eigenvalue weighted by Gasteiger charge is -2.16. The van der Waals surface area contributed by atoms with Crippen molar-refractivity contribution in [2.24, 2.45) is 0 Å². The summed E-state index contributed by atoms with van der Waals surface area (Å²) in [6.07, 6.45) is -0.731. The number of carbonyl (C=O) groups excluding carboxylic acids is 3. The molecule has 0 saturated carbocycles. The standard InChI is InChI=1S/C16H22N2O6S/c1-8-13(10(3)19)9(2)17-14(8)16(21)24-11(4)15(20)18-12-5-6-25(22,23)7-12/h11-12,17H,5-7H2,1-4H3,(H,18,20)/t11-,12-/m1/s1. The summed E-state index contributed by atoms with van der Waals surface area (Å²) in [6.45, 7) is 6.12. The number of esters is 1.